The van der Waals surface area contributed by atoms with Gasteiger partial charge in [0, 0.05) is 16.3 Å². The molecule has 0 saturated heterocycles. The van der Waals surface area contributed by atoms with Crippen molar-refractivity contribution in [3.05, 3.63) is 63.6 Å². The first-order valence-electron chi connectivity index (χ1n) is 7.95. The van der Waals surface area contributed by atoms with E-state index in [1.165, 1.54) is 18.2 Å². The number of methoxy groups -OCH3 is 1. The number of benzene rings is 2. The van der Waals surface area contributed by atoms with Crippen molar-refractivity contribution in [2.45, 2.75) is 11.8 Å². The Morgan fingerprint density at radius 1 is 1.10 bits per heavy atom. The van der Waals surface area contributed by atoms with Crippen LogP contribution in [-0.2, 0) is 15.1 Å². The third kappa shape index (κ3) is 5.01. The number of carbonyl (C=O) groups excluding carboxylic acids is 2. The lowest BCUT2D eigenvalue weighted by Gasteiger charge is -2.28. The van der Waals surface area contributed by atoms with Gasteiger partial charge in [-0.1, -0.05) is 35.3 Å². The average Bonchev–Trinajstić information content (AvgIpc) is 2.66. The lowest BCUT2D eigenvalue weighted by atomic mass is 9.93. The van der Waals surface area contributed by atoms with E-state index < -0.39 is 29.2 Å². The molecule has 0 radical (unpaired) electrons. The zero-order valence-electron chi connectivity index (χ0n) is 15.0. The van der Waals surface area contributed by atoms with Gasteiger partial charge >= 0.3 is 12.1 Å². The minimum atomic E-state index is -5.31. The first-order chi connectivity index (χ1) is 13.9. The molecule has 0 fully saturated rings. The summed E-state index contributed by atoms with van der Waals surface area (Å²) in [5.74, 6) is -2.51. The summed E-state index contributed by atoms with van der Waals surface area (Å²) in [6.07, 6.45) is -5.31. The monoisotopic (exact) mass is 480 g/mol. The number of halogens is 5. The van der Waals surface area contributed by atoms with Crippen LogP contribution < -0.4 is 10.6 Å². The number of amides is 1. The highest BCUT2D eigenvalue weighted by atomic mass is 35.5. The minimum absolute atomic E-state index is 0.0985. The van der Waals surface area contributed by atoms with Gasteiger partial charge in [0.25, 0.3) is 11.5 Å². The maximum Gasteiger partial charge on any atom is 0.432 e. The van der Waals surface area contributed by atoms with Crippen molar-refractivity contribution in [2.75, 3.05) is 12.4 Å². The molecule has 30 heavy (non-hydrogen) atoms. The Bertz CT molecular complexity index is 986. The lowest BCUT2D eigenvalue weighted by Crippen LogP contribution is -2.49. The van der Waals surface area contributed by atoms with Gasteiger partial charge in [-0.2, -0.15) is 13.2 Å². The van der Waals surface area contributed by atoms with Crippen molar-refractivity contribution < 1.29 is 32.6 Å². The van der Waals surface area contributed by atoms with E-state index in [0.29, 0.717) is 5.02 Å². The fourth-order valence-electron chi connectivity index (χ4n) is 2.35. The van der Waals surface area contributed by atoms with Crippen LogP contribution in [0.2, 0.25) is 10.0 Å². The molecule has 0 aliphatic heterocycles. The van der Waals surface area contributed by atoms with Gasteiger partial charge in [0.05, 0.1) is 17.7 Å². The van der Waals surface area contributed by atoms with Crippen LogP contribution in [0.15, 0.2) is 42.5 Å². The van der Waals surface area contributed by atoms with Gasteiger partial charge in [-0.15, -0.1) is 0 Å². The van der Waals surface area contributed by atoms with Gasteiger partial charge in [0.15, 0.2) is 5.11 Å². The van der Waals surface area contributed by atoms with E-state index in [2.05, 4.69) is 15.4 Å². The molecule has 0 aliphatic carbocycles. The Morgan fingerprint density at radius 3 is 2.20 bits per heavy atom. The second-order valence-corrected chi connectivity index (χ2v) is 7.06. The predicted octanol–water partition coefficient (Wildman–Crippen LogP) is 4.04. The molecule has 0 unspecified atom stereocenters. The van der Waals surface area contributed by atoms with Crippen LogP contribution in [0.5, 0.6) is 0 Å². The van der Waals surface area contributed by atoms with Crippen molar-refractivity contribution in [3.8, 4) is 0 Å². The molecule has 1 atom stereocenters. The summed E-state index contributed by atoms with van der Waals surface area (Å²) in [4.78, 5) is 23.8. The Labute approximate surface area is 183 Å². The van der Waals surface area contributed by atoms with E-state index in [9.17, 15) is 27.9 Å². The molecule has 160 valence electrons. The van der Waals surface area contributed by atoms with Crippen molar-refractivity contribution >= 4 is 58.1 Å². The molecule has 2 rings (SSSR count). The molecule has 1 amide bonds. The van der Waals surface area contributed by atoms with Gasteiger partial charge in [0.1, 0.15) is 0 Å². The van der Waals surface area contributed by atoms with Crippen LogP contribution >= 0.6 is 35.4 Å². The highest BCUT2D eigenvalue weighted by Crippen LogP contribution is 2.40. The predicted molar refractivity (Wildman–Crippen MR) is 109 cm³/mol. The number of hydrogen-bond acceptors (Lipinski definition) is 5. The number of carbonyl (C=O) groups is 2. The number of ether oxygens (including phenoxy) is 1. The summed E-state index contributed by atoms with van der Waals surface area (Å²) in [6.45, 7) is 0. The fourth-order valence-corrected chi connectivity index (χ4v) is 3.05. The Kier molecular flexibility index (Phi) is 7.30. The van der Waals surface area contributed by atoms with Crippen molar-refractivity contribution in [1.82, 2.24) is 5.32 Å². The number of thiocarbonyl (C=S) groups is 1. The average molecular weight is 481 g/mol. The Morgan fingerprint density at radius 2 is 1.70 bits per heavy atom. The Hall–Kier alpha value is -2.40. The molecule has 0 saturated carbocycles. The maximum atomic E-state index is 13.2. The minimum Gasteiger partial charge on any atom is -0.466 e. The van der Waals surface area contributed by atoms with E-state index in [0.717, 1.165) is 31.4 Å². The molecule has 0 aliphatic rings. The molecule has 2 aromatic rings. The van der Waals surface area contributed by atoms with Crippen LogP contribution in [0, 0.1) is 0 Å². The Balaban J connectivity index is 2.14. The topological polar surface area (TPSA) is 87.7 Å². The van der Waals surface area contributed by atoms with Crippen LogP contribution in [0.3, 0.4) is 0 Å². The quantitative estimate of drug-likeness (QED) is 0.452. The number of alkyl halides is 3. The van der Waals surface area contributed by atoms with Gasteiger partial charge in [0.2, 0.25) is 0 Å². The van der Waals surface area contributed by atoms with E-state index >= 15 is 0 Å². The summed E-state index contributed by atoms with van der Waals surface area (Å²) in [5, 5.41) is 15.1. The molecule has 3 N–H and O–H groups in total. The SMILES string of the molecule is COC(=O)[C@](O)(c1ccc(NC(=S)NC(=O)c2ccc(Cl)cc2Cl)cc1)C(F)(F)F. The van der Waals surface area contributed by atoms with E-state index in [1.54, 1.807) is 0 Å². The fraction of sp³-hybridized carbons (Fsp3) is 0.167. The summed E-state index contributed by atoms with van der Waals surface area (Å²) in [7, 11) is 0.725. The van der Waals surface area contributed by atoms with Crippen molar-refractivity contribution in [1.29, 1.82) is 0 Å². The van der Waals surface area contributed by atoms with Gasteiger partial charge < -0.3 is 15.2 Å². The third-order valence-electron chi connectivity index (χ3n) is 3.85. The van der Waals surface area contributed by atoms with E-state index in [4.69, 9.17) is 35.4 Å². The third-order valence-corrected chi connectivity index (χ3v) is 4.61. The van der Waals surface area contributed by atoms with Crippen molar-refractivity contribution in [3.63, 3.8) is 0 Å². The largest absolute Gasteiger partial charge is 0.466 e. The van der Waals surface area contributed by atoms with E-state index in [1.807, 2.05) is 0 Å². The van der Waals surface area contributed by atoms with Gasteiger partial charge in [-0.3, -0.25) is 10.1 Å². The summed E-state index contributed by atoms with van der Waals surface area (Å²) in [5.41, 5.74) is -4.30. The summed E-state index contributed by atoms with van der Waals surface area (Å²) >= 11 is 16.7. The van der Waals surface area contributed by atoms with E-state index in [-0.39, 0.29) is 21.4 Å². The zero-order chi connectivity index (χ0) is 22.7. The van der Waals surface area contributed by atoms with Crippen LogP contribution in [0.1, 0.15) is 15.9 Å². The molecule has 0 aromatic heterocycles. The smallest absolute Gasteiger partial charge is 0.432 e. The second kappa shape index (κ2) is 9.17. The molecule has 0 heterocycles. The number of nitrogens with one attached hydrogen (secondary N) is 2. The standard InChI is InChI=1S/C18H13Cl2F3N2O4S/c1-29-15(27)17(28,18(21,22)23)9-2-5-11(6-3-9)24-16(30)25-14(26)12-7-4-10(19)8-13(12)20/h2-8,28H,1H3,(H2,24,25,26,30)/t17-/m1/s1. The molecule has 0 spiro atoms. The second-order valence-electron chi connectivity index (χ2n) is 5.81. The first kappa shape index (κ1) is 23.9. The van der Waals surface area contributed by atoms with Crippen LogP contribution in [0.25, 0.3) is 0 Å². The maximum absolute atomic E-state index is 13.2. The van der Waals surface area contributed by atoms with Gasteiger partial charge in [-0.05, 0) is 42.5 Å². The normalized spacial score (nSPS) is 13.2. The highest BCUT2D eigenvalue weighted by molar-refractivity contribution is 7.80. The molecular weight excluding hydrogens is 468 g/mol. The van der Waals surface area contributed by atoms with Gasteiger partial charge in [-0.25, -0.2) is 4.79 Å². The lowest BCUT2D eigenvalue weighted by molar-refractivity contribution is -0.266. The molecule has 0 bridgehead atoms. The number of rotatable bonds is 4. The number of aliphatic hydroxyl groups is 1. The molecule has 12 heteroatoms. The first-order valence-corrected chi connectivity index (χ1v) is 9.12. The summed E-state index contributed by atoms with van der Waals surface area (Å²) in [6, 6.07) is 8.21. The van der Waals surface area contributed by atoms with Crippen LogP contribution in [-0.4, -0.2) is 35.4 Å². The highest BCUT2D eigenvalue weighted by Gasteiger charge is 2.62. The molecule has 6 nitrogen and oxygen atoms in total. The zero-order valence-corrected chi connectivity index (χ0v) is 17.3. The number of esters is 1. The molecule has 2 aromatic carbocycles. The van der Waals surface area contributed by atoms with Crippen LogP contribution in [0.4, 0.5) is 18.9 Å². The number of hydrogen-bond donors (Lipinski definition) is 3. The summed E-state index contributed by atoms with van der Waals surface area (Å²) < 4.78 is 43.8. The number of anilines is 1. The van der Waals surface area contributed by atoms with Crippen molar-refractivity contribution in [2.24, 2.45) is 0 Å². The molecular formula is C18H13Cl2F3N2O4S.